The number of carbonyl (C=O) groups is 4. The zero-order chi connectivity index (χ0) is 23.3. The molecule has 3 aliphatic heterocycles. The van der Waals surface area contributed by atoms with E-state index in [9.17, 15) is 24.3 Å². The maximum atomic E-state index is 12.8. The molecule has 2 aromatic carbocycles. The van der Waals surface area contributed by atoms with Crippen LogP contribution in [0.3, 0.4) is 0 Å². The molecule has 2 fully saturated rings. The highest BCUT2D eigenvalue weighted by Gasteiger charge is 2.45. The summed E-state index contributed by atoms with van der Waals surface area (Å²) in [4.78, 5) is 52.0. The Morgan fingerprint density at radius 1 is 1.15 bits per heavy atom. The summed E-state index contributed by atoms with van der Waals surface area (Å²) in [6.45, 7) is 2.57. The largest absolute Gasteiger partial charge is 0.381 e. The Hall–Kier alpha value is -3.72. The molecular weight excluding hydrogens is 424 g/mol. The van der Waals surface area contributed by atoms with Crippen LogP contribution in [0.1, 0.15) is 39.9 Å². The van der Waals surface area contributed by atoms with Crippen LogP contribution in [0.15, 0.2) is 42.5 Å². The lowest BCUT2D eigenvalue weighted by Crippen LogP contribution is -2.62. The van der Waals surface area contributed by atoms with Crippen molar-refractivity contribution in [1.82, 2.24) is 15.1 Å². The van der Waals surface area contributed by atoms with E-state index >= 15 is 0 Å². The summed E-state index contributed by atoms with van der Waals surface area (Å²) in [5.41, 5.74) is 2.50. The summed E-state index contributed by atoms with van der Waals surface area (Å²) in [7, 11) is 0. The highest BCUT2D eigenvalue weighted by atomic mass is 16.3. The zero-order valence-corrected chi connectivity index (χ0v) is 18.1. The number of nitrogens with one attached hydrogen (secondary N) is 2. The van der Waals surface area contributed by atoms with Crippen LogP contribution in [0.4, 0.5) is 10.5 Å². The Kier molecular flexibility index (Phi) is 4.93. The zero-order valence-electron chi connectivity index (χ0n) is 18.1. The number of urea groups is 1. The molecule has 0 spiro atoms. The van der Waals surface area contributed by atoms with Gasteiger partial charge in [-0.1, -0.05) is 29.8 Å². The van der Waals surface area contributed by atoms with Crippen LogP contribution in [0, 0.1) is 6.92 Å². The van der Waals surface area contributed by atoms with Crippen molar-refractivity contribution >= 4 is 29.4 Å². The summed E-state index contributed by atoms with van der Waals surface area (Å²) in [5.74, 6) is -1.05. The van der Waals surface area contributed by atoms with Gasteiger partial charge in [-0.05, 0) is 42.7 Å². The fourth-order valence-electron chi connectivity index (χ4n) is 4.70. The summed E-state index contributed by atoms with van der Waals surface area (Å²) in [5, 5.41) is 15.9. The first-order valence-electron chi connectivity index (χ1n) is 10.9. The minimum Gasteiger partial charge on any atom is -0.381 e. The molecule has 3 N–H and O–H groups in total. The van der Waals surface area contributed by atoms with Gasteiger partial charge in [0.05, 0.1) is 13.1 Å². The molecule has 0 radical (unpaired) electrons. The Bertz CT molecular complexity index is 1190. The second-order valence-corrected chi connectivity index (χ2v) is 8.96. The molecule has 1 unspecified atom stereocenters. The molecule has 33 heavy (non-hydrogen) atoms. The summed E-state index contributed by atoms with van der Waals surface area (Å²) >= 11 is 0. The molecule has 0 bridgehead atoms. The molecule has 2 aromatic rings. The van der Waals surface area contributed by atoms with Crippen molar-refractivity contribution in [2.24, 2.45) is 0 Å². The molecule has 0 aliphatic carbocycles. The highest BCUT2D eigenvalue weighted by Crippen LogP contribution is 2.33. The van der Waals surface area contributed by atoms with E-state index in [-0.39, 0.29) is 43.9 Å². The molecule has 3 heterocycles. The van der Waals surface area contributed by atoms with Crippen LogP contribution in [-0.4, -0.2) is 57.8 Å². The van der Waals surface area contributed by atoms with Gasteiger partial charge in [0.25, 0.3) is 5.91 Å². The van der Waals surface area contributed by atoms with E-state index in [1.807, 2.05) is 31.2 Å². The number of piperidine rings is 1. The van der Waals surface area contributed by atoms with E-state index in [0.29, 0.717) is 23.2 Å². The van der Waals surface area contributed by atoms with Crippen LogP contribution < -0.4 is 10.6 Å². The van der Waals surface area contributed by atoms with E-state index in [0.717, 1.165) is 11.1 Å². The quantitative estimate of drug-likeness (QED) is 0.615. The minimum absolute atomic E-state index is 0.189. The molecule has 9 heteroatoms. The normalized spacial score (nSPS) is 21.4. The Labute approximate surface area is 190 Å². The van der Waals surface area contributed by atoms with Gasteiger partial charge in [-0.2, -0.15) is 0 Å². The Balaban J connectivity index is 1.23. The summed E-state index contributed by atoms with van der Waals surface area (Å²) in [6, 6.07) is 11.6. The summed E-state index contributed by atoms with van der Waals surface area (Å²) < 4.78 is 0. The van der Waals surface area contributed by atoms with Gasteiger partial charge in [0.2, 0.25) is 11.8 Å². The van der Waals surface area contributed by atoms with Crippen molar-refractivity contribution < 1.29 is 24.3 Å². The maximum Gasteiger partial charge on any atom is 0.322 e. The fraction of sp³-hybridized carbons (Fsp3) is 0.333. The average molecular weight is 448 g/mol. The second-order valence-electron chi connectivity index (χ2n) is 8.96. The van der Waals surface area contributed by atoms with Gasteiger partial charge < -0.3 is 20.2 Å². The number of anilines is 1. The average Bonchev–Trinajstić information content (AvgIpc) is 3.07. The van der Waals surface area contributed by atoms with Gasteiger partial charge >= 0.3 is 6.03 Å². The number of β-amino-alcohol motifs (C(OH)–C–C–N with tert-alkyl or cyclic N) is 1. The van der Waals surface area contributed by atoms with Gasteiger partial charge in [0.1, 0.15) is 11.6 Å². The molecule has 0 aromatic heterocycles. The minimum atomic E-state index is -1.06. The number of benzene rings is 2. The molecule has 170 valence electrons. The number of hydrogen-bond acceptors (Lipinski definition) is 5. The first-order valence-corrected chi connectivity index (χ1v) is 10.9. The molecule has 9 nitrogen and oxygen atoms in total. The predicted molar refractivity (Wildman–Crippen MR) is 118 cm³/mol. The number of amides is 5. The number of aryl methyl sites for hydroxylation is 1. The lowest BCUT2D eigenvalue weighted by Gasteiger charge is -2.46. The molecule has 0 saturated carbocycles. The van der Waals surface area contributed by atoms with Crippen LogP contribution in [0.5, 0.6) is 0 Å². The van der Waals surface area contributed by atoms with E-state index in [1.54, 1.807) is 18.2 Å². The van der Waals surface area contributed by atoms with Gasteiger partial charge in [-0.15, -0.1) is 0 Å². The van der Waals surface area contributed by atoms with Crippen molar-refractivity contribution in [3.63, 3.8) is 0 Å². The third-order valence-electron chi connectivity index (χ3n) is 6.52. The molecule has 1 atom stereocenters. The first kappa shape index (κ1) is 21.1. The third kappa shape index (κ3) is 3.74. The number of nitrogens with zero attached hydrogens (tertiary/aromatic N) is 2. The lowest BCUT2D eigenvalue weighted by molar-refractivity contribution is -0.136. The van der Waals surface area contributed by atoms with Crippen molar-refractivity contribution in [2.45, 2.75) is 38.0 Å². The number of rotatable bonds is 3. The number of fused-ring (bicyclic) bond motifs is 1. The first-order chi connectivity index (χ1) is 15.7. The van der Waals surface area contributed by atoms with Crippen molar-refractivity contribution in [3.8, 4) is 0 Å². The van der Waals surface area contributed by atoms with Crippen molar-refractivity contribution in [1.29, 1.82) is 0 Å². The second kappa shape index (κ2) is 7.70. The fourth-order valence-corrected chi connectivity index (χ4v) is 4.70. The van der Waals surface area contributed by atoms with Crippen LogP contribution in [0.2, 0.25) is 0 Å². The highest BCUT2D eigenvalue weighted by molar-refractivity contribution is 6.05. The third-order valence-corrected chi connectivity index (χ3v) is 6.52. The molecular formula is C24H24N4O5. The van der Waals surface area contributed by atoms with Crippen LogP contribution in [0.25, 0.3) is 0 Å². The summed E-state index contributed by atoms with van der Waals surface area (Å²) in [6.07, 6.45) is 0.495. The molecule has 5 amide bonds. The van der Waals surface area contributed by atoms with Crippen molar-refractivity contribution in [2.75, 3.05) is 18.4 Å². The van der Waals surface area contributed by atoms with E-state index < -0.39 is 17.6 Å². The number of carbonyl (C=O) groups excluding carboxylic acids is 4. The van der Waals surface area contributed by atoms with Gasteiger partial charge in [0.15, 0.2) is 0 Å². The van der Waals surface area contributed by atoms with Gasteiger partial charge in [-0.25, -0.2) is 4.79 Å². The maximum absolute atomic E-state index is 12.8. The SMILES string of the molecule is Cc1cccc(C2(O)CN(C(=O)Nc3ccc4c(c3)CN(C3CCC(=O)NC3=O)C4=O)C2)c1. The molecule has 2 saturated heterocycles. The van der Waals surface area contributed by atoms with E-state index in [1.165, 1.54) is 9.80 Å². The van der Waals surface area contributed by atoms with E-state index in [2.05, 4.69) is 10.6 Å². The number of hydrogen-bond donors (Lipinski definition) is 3. The Morgan fingerprint density at radius 3 is 2.67 bits per heavy atom. The number of likely N-dealkylation sites (tertiary alicyclic amines) is 1. The van der Waals surface area contributed by atoms with Crippen LogP contribution >= 0.6 is 0 Å². The van der Waals surface area contributed by atoms with Crippen molar-refractivity contribution in [3.05, 3.63) is 64.7 Å². The molecule has 5 rings (SSSR count). The number of imide groups is 1. The van der Waals surface area contributed by atoms with Gasteiger partial charge in [-0.3, -0.25) is 19.7 Å². The van der Waals surface area contributed by atoms with E-state index in [4.69, 9.17) is 0 Å². The smallest absolute Gasteiger partial charge is 0.322 e. The topological polar surface area (TPSA) is 119 Å². The number of aliphatic hydroxyl groups is 1. The standard InChI is InChI=1S/C24H24N4O5/c1-14-3-2-4-16(9-14)24(33)12-27(13-24)23(32)25-17-5-6-18-15(10-17)11-28(22(18)31)19-7-8-20(29)26-21(19)30/h2-6,9-10,19,33H,7-8,11-13H2,1H3,(H,25,32)(H,26,29,30). The van der Waals surface area contributed by atoms with Gasteiger partial charge in [0, 0.05) is 24.2 Å². The predicted octanol–water partition coefficient (Wildman–Crippen LogP) is 1.49. The monoisotopic (exact) mass is 448 g/mol. The van der Waals surface area contributed by atoms with Crippen LogP contribution in [-0.2, 0) is 21.7 Å². The Morgan fingerprint density at radius 2 is 1.94 bits per heavy atom. The molecule has 3 aliphatic rings. The lowest BCUT2D eigenvalue weighted by atomic mass is 9.85.